The minimum absolute atomic E-state index is 0.178. The monoisotopic (exact) mass is 283 g/mol. The summed E-state index contributed by atoms with van der Waals surface area (Å²) in [5.74, 6) is 1.82. The van der Waals surface area contributed by atoms with Crippen LogP contribution >= 0.6 is 0 Å². The lowest BCUT2D eigenvalue weighted by atomic mass is 10.0. The van der Waals surface area contributed by atoms with Gasteiger partial charge in [0.15, 0.2) is 0 Å². The topological polar surface area (TPSA) is 35.2 Å². The predicted molar refractivity (Wildman–Crippen MR) is 89.3 cm³/mol. The summed E-state index contributed by atoms with van der Waals surface area (Å²) in [5, 5.41) is 0. The van der Waals surface area contributed by atoms with Gasteiger partial charge in [0.25, 0.3) is 0 Å². The van der Waals surface area contributed by atoms with E-state index in [4.69, 9.17) is 10.5 Å². The van der Waals surface area contributed by atoms with Crippen LogP contribution in [0.1, 0.15) is 34.7 Å². The molecular formula is C19H25NO. The number of rotatable bonds is 4. The van der Waals surface area contributed by atoms with Gasteiger partial charge in [-0.3, -0.25) is 0 Å². The van der Waals surface area contributed by atoms with Crippen molar-refractivity contribution in [1.82, 2.24) is 0 Å². The quantitative estimate of drug-likeness (QED) is 0.889. The molecule has 2 rings (SSSR count). The van der Waals surface area contributed by atoms with E-state index in [1.165, 1.54) is 27.8 Å². The standard InChI is InChI=1S/C19H25NO/c1-12-8-13(2)16(5)19(9-12)21-18-7-6-17(11-15(4)20)14(3)10-18/h6-10,15H,11,20H2,1-5H3. The van der Waals surface area contributed by atoms with E-state index in [-0.39, 0.29) is 6.04 Å². The molecule has 0 aromatic heterocycles. The maximum Gasteiger partial charge on any atom is 0.130 e. The van der Waals surface area contributed by atoms with Crippen molar-refractivity contribution >= 4 is 0 Å². The molecule has 0 heterocycles. The number of nitrogens with two attached hydrogens (primary N) is 1. The first-order valence-electron chi connectivity index (χ1n) is 7.47. The van der Waals surface area contributed by atoms with Crippen LogP contribution in [0.25, 0.3) is 0 Å². The first-order chi connectivity index (χ1) is 9.86. The fourth-order valence-corrected chi connectivity index (χ4v) is 2.54. The lowest BCUT2D eigenvalue weighted by Crippen LogP contribution is -2.18. The van der Waals surface area contributed by atoms with Crippen LogP contribution in [0.5, 0.6) is 11.5 Å². The first-order valence-corrected chi connectivity index (χ1v) is 7.47. The second-order valence-corrected chi connectivity index (χ2v) is 6.08. The Bertz CT molecular complexity index is 644. The van der Waals surface area contributed by atoms with E-state index in [2.05, 4.69) is 52.0 Å². The molecule has 0 radical (unpaired) electrons. The fraction of sp³-hybridized carbons (Fsp3) is 0.368. The van der Waals surface area contributed by atoms with Crippen molar-refractivity contribution in [1.29, 1.82) is 0 Å². The van der Waals surface area contributed by atoms with Crippen LogP contribution in [-0.2, 0) is 6.42 Å². The van der Waals surface area contributed by atoms with Crippen molar-refractivity contribution in [3.05, 3.63) is 58.1 Å². The third-order valence-electron chi connectivity index (χ3n) is 3.85. The Morgan fingerprint density at radius 2 is 1.71 bits per heavy atom. The second-order valence-electron chi connectivity index (χ2n) is 6.08. The lowest BCUT2D eigenvalue weighted by molar-refractivity contribution is 0.477. The SMILES string of the molecule is Cc1cc(C)c(C)c(Oc2ccc(CC(C)N)c(C)c2)c1. The highest BCUT2D eigenvalue weighted by Gasteiger charge is 2.08. The van der Waals surface area contributed by atoms with Gasteiger partial charge in [-0.25, -0.2) is 0 Å². The Morgan fingerprint density at radius 3 is 2.33 bits per heavy atom. The number of hydrogen-bond donors (Lipinski definition) is 1. The molecule has 0 aliphatic heterocycles. The van der Waals surface area contributed by atoms with Crippen molar-refractivity contribution in [3.8, 4) is 11.5 Å². The molecule has 0 spiro atoms. The molecule has 0 amide bonds. The molecule has 2 N–H and O–H groups in total. The Balaban J connectivity index is 2.27. The minimum Gasteiger partial charge on any atom is -0.457 e. The number of hydrogen-bond acceptors (Lipinski definition) is 2. The molecule has 2 aromatic rings. The van der Waals surface area contributed by atoms with E-state index in [1.807, 2.05) is 13.0 Å². The summed E-state index contributed by atoms with van der Waals surface area (Å²) in [6.07, 6.45) is 0.898. The van der Waals surface area contributed by atoms with Gasteiger partial charge in [0, 0.05) is 6.04 Å². The minimum atomic E-state index is 0.178. The van der Waals surface area contributed by atoms with Crippen molar-refractivity contribution < 1.29 is 4.74 Å². The Morgan fingerprint density at radius 1 is 1.00 bits per heavy atom. The molecule has 0 aliphatic rings. The van der Waals surface area contributed by atoms with Crippen molar-refractivity contribution in [2.45, 2.75) is 47.1 Å². The second kappa shape index (κ2) is 6.31. The van der Waals surface area contributed by atoms with Crippen molar-refractivity contribution in [2.24, 2.45) is 5.73 Å². The molecule has 1 unspecified atom stereocenters. The Kier molecular flexibility index (Phi) is 4.69. The Labute approximate surface area is 127 Å². The van der Waals surface area contributed by atoms with E-state index in [0.29, 0.717) is 0 Å². The highest BCUT2D eigenvalue weighted by atomic mass is 16.5. The Hall–Kier alpha value is -1.80. The summed E-state index contributed by atoms with van der Waals surface area (Å²) in [4.78, 5) is 0. The molecule has 1 atom stereocenters. The van der Waals surface area contributed by atoms with E-state index >= 15 is 0 Å². The van der Waals surface area contributed by atoms with Gasteiger partial charge in [0.1, 0.15) is 11.5 Å². The van der Waals surface area contributed by atoms with Gasteiger partial charge in [0.2, 0.25) is 0 Å². The summed E-state index contributed by atoms with van der Waals surface area (Å²) >= 11 is 0. The largest absolute Gasteiger partial charge is 0.457 e. The molecule has 0 saturated carbocycles. The van der Waals surface area contributed by atoms with Crippen molar-refractivity contribution in [3.63, 3.8) is 0 Å². The average Bonchev–Trinajstić information content (AvgIpc) is 2.38. The maximum absolute atomic E-state index is 6.08. The van der Waals surface area contributed by atoms with Crippen LogP contribution in [0, 0.1) is 27.7 Å². The lowest BCUT2D eigenvalue weighted by Gasteiger charge is -2.14. The van der Waals surface area contributed by atoms with Crippen LogP contribution in [0.4, 0.5) is 0 Å². The summed E-state index contributed by atoms with van der Waals surface area (Å²) in [5.41, 5.74) is 12.1. The van der Waals surface area contributed by atoms with Crippen LogP contribution in [0.15, 0.2) is 30.3 Å². The zero-order valence-electron chi connectivity index (χ0n) is 13.7. The molecule has 112 valence electrons. The van der Waals surface area contributed by atoms with Crippen LogP contribution in [0.2, 0.25) is 0 Å². The smallest absolute Gasteiger partial charge is 0.130 e. The molecule has 0 fully saturated rings. The summed E-state index contributed by atoms with van der Waals surface area (Å²) in [6, 6.07) is 10.7. The number of benzene rings is 2. The maximum atomic E-state index is 6.08. The van der Waals surface area contributed by atoms with Gasteiger partial charge >= 0.3 is 0 Å². The molecule has 2 nitrogen and oxygen atoms in total. The number of ether oxygens (including phenoxy) is 1. The zero-order chi connectivity index (χ0) is 15.6. The van der Waals surface area contributed by atoms with Gasteiger partial charge < -0.3 is 10.5 Å². The van der Waals surface area contributed by atoms with Gasteiger partial charge in [-0.1, -0.05) is 12.1 Å². The highest BCUT2D eigenvalue weighted by molar-refractivity contribution is 5.45. The van der Waals surface area contributed by atoms with E-state index in [0.717, 1.165) is 17.9 Å². The fourth-order valence-electron chi connectivity index (χ4n) is 2.54. The first kappa shape index (κ1) is 15.6. The van der Waals surface area contributed by atoms with E-state index in [9.17, 15) is 0 Å². The number of aryl methyl sites for hydroxylation is 3. The molecule has 0 bridgehead atoms. The third kappa shape index (κ3) is 3.85. The van der Waals surface area contributed by atoms with E-state index in [1.54, 1.807) is 0 Å². The van der Waals surface area contributed by atoms with Gasteiger partial charge in [-0.05, 0) is 87.1 Å². The zero-order valence-corrected chi connectivity index (χ0v) is 13.7. The van der Waals surface area contributed by atoms with Gasteiger partial charge in [-0.15, -0.1) is 0 Å². The summed E-state index contributed by atoms with van der Waals surface area (Å²) in [7, 11) is 0. The molecule has 0 saturated heterocycles. The normalized spacial score (nSPS) is 12.3. The van der Waals surface area contributed by atoms with Gasteiger partial charge in [0.05, 0.1) is 0 Å². The summed E-state index contributed by atoms with van der Waals surface area (Å²) in [6.45, 7) is 10.4. The van der Waals surface area contributed by atoms with Gasteiger partial charge in [-0.2, -0.15) is 0 Å². The molecule has 21 heavy (non-hydrogen) atoms. The molecule has 2 aromatic carbocycles. The third-order valence-corrected chi connectivity index (χ3v) is 3.85. The predicted octanol–water partition coefficient (Wildman–Crippen LogP) is 4.60. The van der Waals surface area contributed by atoms with E-state index < -0.39 is 0 Å². The summed E-state index contributed by atoms with van der Waals surface area (Å²) < 4.78 is 6.08. The van der Waals surface area contributed by atoms with Crippen molar-refractivity contribution in [2.75, 3.05) is 0 Å². The molecule has 2 heteroatoms. The molecule has 0 aliphatic carbocycles. The molecular weight excluding hydrogens is 258 g/mol. The highest BCUT2D eigenvalue weighted by Crippen LogP contribution is 2.29. The van der Waals surface area contributed by atoms with Crippen LogP contribution < -0.4 is 10.5 Å². The average molecular weight is 283 g/mol. The van der Waals surface area contributed by atoms with Crippen LogP contribution in [0.3, 0.4) is 0 Å². The van der Waals surface area contributed by atoms with Crippen LogP contribution in [-0.4, -0.2) is 6.04 Å².